The first-order valence-corrected chi connectivity index (χ1v) is 14.6. The molecule has 0 bridgehead atoms. The van der Waals surface area contributed by atoms with Crippen molar-refractivity contribution >= 4 is 45.0 Å². The van der Waals surface area contributed by atoms with Crippen molar-refractivity contribution in [3.63, 3.8) is 0 Å². The van der Waals surface area contributed by atoms with Crippen LogP contribution in [0.3, 0.4) is 0 Å². The van der Waals surface area contributed by atoms with E-state index >= 15 is 0 Å². The maximum absolute atomic E-state index is 13.8. The maximum Gasteiger partial charge on any atom is 0.255 e. The summed E-state index contributed by atoms with van der Waals surface area (Å²) in [4.78, 5) is 49.1. The van der Waals surface area contributed by atoms with E-state index in [1.165, 1.54) is 0 Å². The Morgan fingerprint density at radius 1 is 1.18 bits per heavy atom. The molecule has 0 saturated carbocycles. The van der Waals surface area contributed by atoms with Crippen LogP contribution in [-0.2, 0) is 22.7 Å². The number of hydrogen-bond donors (Lipinski definition) is 1. The zero-order chi connectivity index (χ0) is 27.0. The molecule has 2 aromatic carbocycles. The van der Waals surface area contributed by atoms with E-state index in [9.17, 15) is 14.4 Å². The van der Waals surface area contributed by atoms with Gasteiger partial charge in [-0.1, -0.05) is 60.1 Å². The van der Waals surface area contributed by atoms with Gasteiger partial charge in [-0.15, -0.1) is 11.3 Å². The summed E-state index contributed by atoms with van der Waals surface area (Å²) in [6, 6.07) is 12.6. The molecule has 198 valence electrons. The summed E-state index contributed by atoms with van der Waals surface area (Å²) >= 11 is 5.05. The van der Waals surface area contributed by atoms with Crippen LogP contribution < -0.4 is 5.32 Å². The molecule has 2 atom stereocenters. The van der Waals surface area contributed by atoms with Gasteiger partial charge in [-0.25, -0.2) is 4.98 Å². The predicted molar refractivity (Wildman–Crippen MR) is 152 cm³/mol. The maximum atomic E-state index is 13.8. The van der Waals surface area contributed by atoms with Crippen LogP contribution in [0.1, 0.15) is 53.9 Å². The van der Waals surface area contributed by atoms with E-state index in [0.29, 0.717) is 31.6 Å². The van der Waals surface area contributed by atoms with Gasteiger partial charge in [0.05, 0.1) is 16.1 Å². The number of hydrogen-bond acceptors (Lipinski definition) is 5. The number of aromatic nitrogens is 1. The van der Waals surface area contributed by atoms with E-state index in [1.54, 1.807) is 21.1 Å². The molecule has 0 radical (unpaired) electrons. The second-order valence-electron chi connectivity index (χ2n) is 10.3. The lowest BCUT2D eigenvalue weighted by Crippen LogP contribution is -2.55. The topological polar surface area (TPSA) is 82.6 Å². The van der Waals surface area contributed by atoms with E-state index in [4.69, 9.17) is 0 Å². The molecule has 5 rings (SSSR count). The molecule has 2 aliphatic rings. The average molecular weight is 596 g/mol. The summed E-state index contributed by atoms with van der Waals surface area (Å²) in [5.41, 5.74) is 6.50. The smallest absolute Gasteiger partial charge is 0.255 e. The summed E-state index contributed by atoms with van der Waals surface area (Å²) in [5.74, 6) is -0.525. The van der Waals surface area contributed by atoms with Gasteiger partial charge in [0.15, 0.2) is 0 Å². The monoisotopic (exact) mass is 594 g/mol. The Morgan fingerprint density at radius 2 is 1.95 bits per heavy atom. The number of likely N-dealkylation sites (tertiary alicyclic amines) is 1. The van der Waals surface area contributed by atoms with Gasteiger partial charge in [-0.2, -0.15) is 0 Å². The van der Waals surface area contributed by atoms with Gasteiger partial charge < -0.3 is 15.1 Å². The van der Waals surface area contributed by atoms with Crippen molar-refractivity contribution in [3.05, 3.63) is 74.8 Å². The van der Waals surface area contributed by atoms with Gasteiger partial charge in [0.25, 0.3) is 5.91 Å². The lowest BCUT2D eigenvalue weighted by Gasteiger charge is -2.35. The molecule has 0 aliphatic carbocycles. The normalized spacial score (nSPS) is 17.7. The standard InChI is InChI=1S/C29H31BrN4O3S/c1-17(2)25(34-15-21-10-11-22(30)13-23(21)28(34)36)29(37)33-12-4-5-24(33)27(35)31-14-19-6-8-20(9-7-19)26-18(3)32-16-38-26/h6-11,13,16-17,24-25H,4-5,12,14-15H2,1-3H3,(H,31,35). The van der Waals surface area contributed by atoms with E-state index < -0.39 is 12.1 Å². The number of amides is 3. The van der Waals surface area contributed by atoms with Crippen molar-refractivity contribution in [2.75, 3.05) is 6.54 Å². The Labute approximate surface area is 235 Å². The number of aryl methyl sites for hydroxylation is 1. The minimum Gasteiger partial charge on any atom is -0.350 e. The minimum atomic E-state index is -0.621. The number of benzene rings is 2. The fraction of sp³-hybridized carbons (Fsp3) is 0.379. The van der Waals surface area contributed by atoms with Gasteiger partial charge in [-0.05, 0) is 54.5 Å². The molecule has 38 heavy (non-hydrogen) atoms. The van der Waals surface area contributed by atoms with Gasteiger partial charge in [0.2, 0.25) is 11.8 Å². The first-order valence-electron chi connectivity index (χ1n) is 12.9. The van der Waals surface area contributed by atoms with E-state index in [1.807, 2.05) is 68.7 Å². The number of thiazole rings is 1. The first-order chi connectivity index (χ1) is 18.2. The molecule has 1 saturated heterocycles. The molecule has 1 fully saturated rings. The fourth-order valence-corrected chi connectivity index (χ4v) is 6.60. The number of carbonyl (C=O) groups is 3. The predicted octanol–water partition coefficient (Wildman–Crippen LogP) is 5.17. The highest BCUT2D eigenvalue weighted by molar-refractivity contribution is 9.10. The zero-order valence-electron chi connectivity index (χ0n) is 21.7. The summed E-state index contributed by atoms with van der Waals surface area (Å²) in [6.45, 7) is 7.22. The Balaban J connectivity index is 1.25. The minimum absolute atomic E-state index is 0.0887. The van der Waals surface area contributed by atoms with Crippen molar-refractivity contribution in [2.24, 2.45) is 5.92 Å². The van der Waals surface area contributed by atoms with Crippen molar-refractivity contribution in [1.29, 1.82) is 0 Å². The molecule has 3 heterocycles. The molecule has 1 aromatic heterocycles. The molecule has 0 spiro atoms. The number of halogens is 1. The molecular weight excluding hydrogens is 564 g/mol. The highest BCUT2D eigenvalue weighted by atomic mass is 79.9. The Bertz CT molecular complexity index is 1370. The molecular formula is C29H31BrN4O3S. The van der Waals surface area contributed by atoms with Crippen LogP contribution in [0.15, 0.2) is 52.4 Å². The van der Waals surface area contributed by atoms with Crippen molar-refractivity contribution in [3.8, 4) is 10.4 Å². The number of fused-ring (bicyclic) bond motifs is 1. The molecule has 9 heteroatoms. The summed E-state index contributed by atoms with van der Waals surface area (Å²) in [7, 11) is 0. The highest BCUT2D eigenvalue weighted by Gasteiger charge is 2.43. The largest absolute Gasteiger partial charge is 0.350 e. The second-order valence-corrected chi connectivity index (χ2v) is 12.1. The fourth-order valence-electron chi connectivity index (χ4n) is 5.43. The third kappa shape index (κ3) is 5.14. The summed E-state index contributed by atoms with van der Waals surface area (Å²) in [6.07, 6.45) is 1.38. The van der Waals surface area contributed by atoms with Crippen molar-refractivity contribution in [2.45, 2.75) is 58.8 Å². The van der Waals surface area contributed by atoms with Crippen molar-refractivity contribution < 1.29 is 14.4 Å². The second kappa shape index (κ2) is 11.0. The number of nitrogens with one attached hydrogen (secondary N) is 1. The molecule has 1 N–H and O–H groups in total. The van der Waals surface area contributed by atoms with E-state index in [0.717, 1.165) is 38.2 Å². The zero-order valence-corrected chi connectivity index (χ0v) is 24.1. The summed E-state index contributed by atoms with van der Waals surface area (Å²) in [5, 5.41) is 3.03. The van der Waals surface area contributed by atoms with Gasteiger partial charge in [0.1, 0.15) is 12.1 Å². The molecule has 2 aliphatic heterocycles. The quantitative estimate of drug-likeness (QED) is 0.409. The van der Waals surface area contributed by atoms with Gasteiger partial charge in [-0.3, -0.25) is 14.4 Å². The van der Waals surface area contributed by atoms with Gasteiger partial charge >= 0.3 is 0 Å². The van der Waals surface area contributed by atoms with Crippen LogP contribution >= 0.6 is 27.3 Å². The average Bonchev–Trinajstić information content (AvgIpc) is 3.63. The first kappa shape index (κ1) is 26.6. The van der Waals surface area contributed by atoms with Crippen LogP contribution in [0.25, 0.3) is 10.4 Å². The Hall–Kier alpha value is -3.04. The Kier molecular flexibility index (Phi) is 7.68. The number of carbonyl (C=O) groups excluding carboxylic acids is 3. The summed E-state index contributed by atoms with van der Waals surface area (Å²) < 4.78 is 0.837. The van der Waals surface area contributed by atoms with Crippen LogP contribution in [0, 0.1) is 12.8 Å². The van der Waals surface area contributed by atoms with Crippen molar-refractivity contribution in [1.82, 2.24) is 20.1 Å². The molecule has 3 aromatic rings. The van der Waals surface area contributed by atoms with E-state index in [2.05, 4.69) is 26.2 Å². The molecule has 3 amide bonds. The third-order valence-corrected chi connectivity index (χ3v) is 8.86. The highest BCUT2D eigenvalue weighted by Crippen LogP contribution is 2.32. The molecule has 7 nitrogen and oxygen atoms in total. The lowest BCUT2D eigenvalue weighted by atomic mass is 10.0. The van der Waals surface area contributed by atoms with Crippen LogP contribution in [0.5, 0.6) is 0 Å². The Morgan fingerprint density at radius 3 is 2.63 bits per heavy atom. The number of rotatable bonds is 7. The SMILES string of the molecule is Cc1ncsc1-c1ccc(CNC(=O)C2CCCN2C(=O)C(C(C)C)N2Cc3ccc(Br)cc3C2=O)cc1. The third-order valence-electron chi connectivity index (χ3n) is 7.39. The van der Waals surface area contributed by atoms with E-state index in [-0.39, 0.29) is 23.6 Å². The van der Waals surface area contributed by atoms with Crippen LogP contribution in [-0.4, -0.2) is 51.1 Å². The molecule has 2 unspecified atom stereocenters. The number of nitrogens with zero attached hydrogens (tertiary/aromatic N) is 3. The van der Waals surface area contributed by atoms with Crippen LogP contribution in [0.2, 0.25) is 0 Å². The van der Waals surface area contributed by atoms with Gasteiger partial charge in [0, 0.05) is 29.7 Å². The lowest BCUT2D eigenvalue weighted by molar-refractivity contribution is -0.143. The van der Waals surface area contributed by atoms with Crippen LogP contribution in [0.4, 0.5) is 0 Å².